The van der Waals surface area contributed by atoms with Crippen LogP contribution in [0.15, 0.2) is 12.1 Å². The van der Waals surface area contributed by atoms with Gasteiger partial charge < -0.3 is 24.6 Å². The van der Waals surface area contributed by atoms with Crippen LogP contribution in [0.4, 0.5) is 0 Å². The predicted molar refractivity (Wildman–Crippen MR) is 88.6 cm³/mol. The summed E-state index contributed by atoms with van der Waals surface area (Å²) in [5, 5.41) is 12.0. The Balaban J connectivity index is 3.19. The maximum atomic E-state index is 12.4. The van der Waals surface area contributed by atoms with Crippen molar-refractivity contribution in [3.8, 4) is 17.2 Å². The van der Waals surface area contributed by atoms with Gasteiger partial charge in [-0.3, -0.25) is 4.79 Å². The second kappa shape index (κ2) is 9.94. The van der Waals surface area contributed by atoms with Crippen LogP contribution in [0.25, 0.3) is 0 Å². The van der Waals surface area contributed by atoms with Crippen molar-refractivity contribution in [3.05, 3.63) is 17.7 Å². The molecule has 0 heterocycles. The lowest BCUT2D eigenvalue weighted by atomic mass is 10.1. The van der Waals surface area contributed by atoms with Gasteiger partial charge in [-0.1, -0.05) is 6.92 Å². The zero-order chi connectivity index (χ0) is 17.2. The van der Waals surface area contributed by atoms with Gasteiger partial charge in [-0.25, -0.2) is 0 Å². The summed E-state index contributed by atoms with van der Waals surface area (Å²) in [4.78, 5) is 12.4. The van der Waals surface area contributed by atoms with Crippen LogP contribution in [0.1, 0.15) is 44.5 Å². The van der Waals surface area contributed by atoms with E-state index in [1.165, 1.54) is 0 Å². The first-order valence-electron chi connectivity index (χ1n) is 8.09. The third kappa shape index (κ3) is 5.32. The number of benzene rings is 1. The molecule has 1 unspecified atom stereocenters. The number of carbonyl (C=O) groups is 1. The first-order chi connectivity index (χ1) is 11.1. The molecule has 6 nitrogen and oxygen atoms in total. The fraction of sp³-hybridized carbons (Fsp3) is 0.588. The molecule has 0 bridgehead atoms. The van der Waals surface area contributed by atoms with E-state index >= 15 is 0 Å². The molecule has 130 valence electrons. The number of nitrogens with one attached hydrogen (secondary N) is 1. The smallest absolute Gasteiger partial charge is 0.251 e. The second-order valence-corrected chi connectivity index (χ2v) is 4.86. The van der Waals surface area contributed by atoms with Crippen LogP contribution in [-0.4, -0.2) is 43.5 Å². The molecule has 0 saturated heterocycles. The van der Waals surface area contributed by atoms with Crippen LogP contribution in [0.3, 0.4) is 0 Å². The molecule has 2 N–H and O–H groups in total. The summed E-state index contributed by atoms with van der Waals surface area (Å²) in [7, 11) is 0. The molecular weight excluding hydrogens is 298 g/mol. The molecular formula is C17H27NO5. The maximum Gasteiger partial charge on any atom is 0.251 e. The predicted octanol–water partition coefficient (Wildman–Crippen LogP) is 2.38. The summed E-state index contributed by atoms with van der Waals surface area (Å²) < 4.78 is 16.8. The minimum atomic E-state index is -0.282. The minimum absolute atomic E-state index is 0.101. The summed E-state index contributed by atoms with van der Waals surface area (Å²) >= 11 is 0. The first kappa shape index (κ1) is 19.1. The van der Waals surface area contributed by atoms with Crippen molar-refractivity contribution in [3.63, 3.8) is 0 Å². The monoisotopic (exact) mass is 325 g/mol. The molecule has 0 fully saturated rings. The average Bonchev–Trinajstić information content (AvgIpc) is 2.55. The molecule has 1 amide bonds. The third-order valence-corrected chi connectivity index (χ3v) is 3.22. The SMILES string of the molecule is CCOc1cc(C(=O)NC(CC)CO)cc(OCC)c1OCC. The highest BCUT2D eigenvalue weighted by molar-refractivity contribution is 5.95. The van der Waals surface area contributed by atoms with Gasteiger partial charge in [0.2, 0.25) is 5.75 Å². The summed E-state index contributed by atoms with van der Waals surface area (Å²) in [5.41, 5.74) is 0.409. The number of hydrogen-bond acceptors (Lipinski definition) is 5. The van der Waals surface area contributed by atoms with Crippen LogP contribution in [0.5, 0.6) is 17.2 Å². The van der Waals surface area contributed by atoms with Gasteiger partial charge in [-0.2, -0.15) is 0 Å². The van der Waals surface area contributed by atoms with E-state index in [1.807, 2.05) is 27.7 Å². The zero-order valence-electron chi connectivity index (χ0n) is 14.3. The lowest BCUT2D eigenvalue weighted by molar-refractivity contribution is 0.0914. The number of amides is 1. The van der Waals surface area contributed by atoms with E-state index in [2.05, 4.69) is 5.32 Å². The van der Waals surface area contributed by atoms with Crippen LogP contribution >= 0.6 is 0 Å². The number of hydrogen-bond donors (Lipinski definition) is 2. The highest BCUT2D eigenvalue weighted by Gasteiger charge is 2.19. The zero-order valence-corrected chi connectivity index (χ0v) is 14.3. The summed E-state index contributed by atoms with van der Waals surface area (Å²) in [5.74, 6) is 1.17. The molecule has 0 aliphatic carbocycles. The molecule has 1 aromatic rings. The lowest BCUT2D eigenvalue weighted by Crippen LogP contribution is -2.36. The average molecular weight is 325 g/mol. The van der Waals surface area contributed by atoms with E-state index < -0.39 is 0 Å². The van der Waals surface area contributed by atoms with Gasteiger partial charge in [0.05, 0.1) is 32.5 Å². The lowest BCUT2D eigenvalue weighted by Gasteiger charge is -2.18. The highest BCUT2D eigenvalue weighted by atomic mass is 16.5. The number of rotatable bonds is 10. The van der Waals surface area contributed by atoms with Crippen molar-refractivity contribution in [2.75, 3.05) is 26.4 Å². The van der Waals surface area contributed by atoms with E-state index in [0.717, 1.165) is 0 Å². The van der Waals surface area contributed by atoms with Crippen molar-refractivity contribution in [2.24, 2.45) is 0 Å². The number of carbonyl (C=O) groups excluding carboxylic acids is 1. The number of aliphatic hydroxyl groups excluding tert-OH is 1. The molecule has 1 atom stereocenters. The van der Waals surface area contributed by atoms with Gasteiger partial charge in [0.15, 0.2) is 11.5 Å². The first-order valence-corrected chi connectivity index (χ1v) is 8.09. The maximum absolute atomic E-state index is 12.4. The van der Waals surface area contributed by atoms with Crippen LogP contribution in [0, 0.1) is 0 Å². The number of aliphatic hydroxyl groups is 1. The normalized spacial score (nSPS) is 11.7. The fourth-order valence-corrected chi connectivity index (χ4v) is 2.07. The Morgan fingerprint density at radius 1 is 1.04 bits per heavy atom. The van der Waals surface area contributed by atoms with Gasteiger partial charge in [0, 0.05) is 5.56 Å². The van der Waals surface area contributed by atoms with E-state index in [-0.39, 0.29) is 18.6 Å². The summed E-state index contributed by atoms with van der Waals surface area (Å²) in [6.07, 6.45) is 0.649. The molecule has 23 heavy (non-hydrogen) atoms. The molecule has 0 aromatic heterocycles. The van der Waals surface area contributed by atoms with Crippen molar-refractivity contribution in [1.82, 2.24) is 5.32 Å². The number of ether oxygens (including phenoxy) is 3. The van der Waals surface area contributed by atoms with E-state index in [9.17, 15) is 9.90 Å². The third-order valence-electron chi connectivity index (χ3n) is 3.22. The molecule has 0 radical (unpaired) electrons. The molecule has 0 aliphatic rings. The Morgan fingerprint density at radius 3 is 1.96 bits per heavy atom. The summed E-state index contributed by atoms with van der Waals surface area (Å²) in [6.45, 7) is 8.76. The van der Waals surface area contributed by atoms with Crippen LogP contribution in [-0.2, 0) is 0 Å². The fourth-order valence-electron chi connectivity index (χ4n) is 2.07. The van der Waals surface area contributed by atoms with Crippen molar-refractivity contribution in [2.45, 2.75) is 40.2 Å². The Bertz CT molecular complexity index is 473. The van der Waals surface area contributed by atoms with E-state index in [4.69, 9.17) is 14.2 Å². The molecule has 0 aliphatic heterocycles. The van der Waals surface area contributed by atoms with Gasteiger partial charge in [-0.05, 0) is 39.3 Å². The van der Waals surface area contributed by atoms with Crippen molar-refractivity contribution in [1.29, 1.82) is 0 Å². The van der Waals surface area contributed by atoms with Crippen LogP contribution in [0.2, 0.25) is 0 Å². The highest BCUT2D eigenvalue weighted by Crippen LogP contribution is 2.39. The van der Waals surface area contributed by atoms with Crippen molar-refractivity contribution >= 4 is 5.91 Å². The van der Waals surface area contributed by atoms with Crippen LogP contribution < -0.4 is 19.5 Å². The molecule has 1 aromatic carbocycles. The largest absolute Gasteiger partial charge is 0.490 e. The van der Waals surface area contributed by atoms with Gasteiger partial charge in [0.25, 0.3) is 5.91 Å². The molecule has 0 saturated carbocycles. The van der Waals surface area contributed by atoms with E-state index in [0.29, 0.717) is 49.1 Å². The quantitative estimate of drug-likeness (QED) is 0.691. The Morgan fingerprint density at radius 2 is 1.57 bits per heavy atom. The molecule has 1 rings (SSSR count). The summed E-state index contributed by atoms with van der Waals surface area (Å²) in [6, 6.07) is 2.99. The molecule has 6 heteroatoms. The standard InChI is InChI=1S/C17H27NO5/c1-5-13(11-19)18-17(20)12-9-14(21-6-2)16(23-8-4)15(10-12)22-7-3/h9-10,13,19H,5-8,11H2,1-4H3,(H,18,20). The topological polar surface area (TPSA) is 77.0 Å². The van der Waals surface area contributed by atoms with Gasteiger partial charge >= 0.3 is 0 Å². The Hall–Kier alpha value is -1.95. The Kier molecular flexibility index (Phi) is 8.26. The second-order valence-electron chi connectivity index (χ2n) is 4.86. The Labute approximate surface area is 137 Å². The van der Waals surface area contributed by atoms with E-state index in [1.54, 1.807) is 12.1 Å². The van der Waals surface area contributed by atoms with Crippen molar-refractivity contribution < 1.29 is 24.1 Å². The molecule has 0 spiro atoms. The van der Waals surface area contributed by atoms with Gasteiger partial charge in [0.1, 0.15) is 0 Å². The van der Waals surface area contributed by atoms with Gasteiger partial charge in [-0.15, -0.1) is 0 Å². The minimum Gasteiger partial charge on any atom is -0.490 e.